The van der Waals surface area contributed by atoms with Crippen molar-refractivity contribution >= 4 is 15.9 Å². The lowest BCUT2D eigenvalue weighted by Crippen LogP contribution is -2.01. The van der Waals surface area contributed by atoms with Gasteiger partial charge in [0.05, 0.1) is 5.69 Å². The highest BCUT2D eigenvalue weighted by Crippen LogP contribution is 2.25. The van der Waals surface area contributed by atoms with E-state index >= 15 is 0 Å². The smallest absolute Gasteiger partial charge is 0.132 e. The number of aryl methyl sites for hydroxylation is 2. The van der Waals surface area contributed by atoms with Crippen molar-refractivity contribution in [3.8, 4) is 11.3 Å². The molecule has 0 unspecified atom stereocenters. The molecule has 0 fully saturated rings. The third kappa shape index (κ3) is 3.58. The standard InChI is InChI=1S/C14H14BrFN2O/c1-9-7-13(18-14(17-9)3-2-6-19)11-8-10(15)4-5-12(11)16/h4-5,7-8,19H,2-3,6H2,1H3. The highest BCUT2D eigenvalue weighted by Gasteiger charge is 2.10. The van der Waals surface area contributed by atoms with Gasteiger partial charge in [-0.1, -0.05) is 15.9 Å². The Morgan fingerprint density at radius 3 is 2.79 bits per heavy atom. The number of aliphatic hydroxyl groups excluding tert-OH is 1. The molecule has 0 aliphatic rings. The lowest BCUT2D eigenvalue weighted by molar-refractivity contribution is 0.287. The van der Waals surface area contributed by atoms with Gasteiger partial charge in [-0.3, -0.25) is 0 Å². The first-order valence-corrected chi connectivity index (χ1v) is 6.80. The summed E-state index contributed by atoms with van der Waals surface area (Å²) in [7, 11) is 0. The van der Waals surface area contributed by atoms with Crippen LogP contribution in [-0.2, 0) is 6.42 Å². The molecule has 0 aliphatic carbocycles. The lowest BCUT2D eigenvalue weighted by Gasteiger charge is -2.07. The molecule has 1 heterocycles. The summed E-state index contributed by atoms with van der Waals surface area (Å²) in [6.07, 6.45) is 1.19. The van der Waals surface area contributed by atoms with Gasteiger partial charge in [-0.2, -0.15) is 0 Å². The molecule has 0 bridgehead atoms. The summed E-state index contributed by atoms with van der Waals surface area (Å²) < 4.78 is 14.7. The van der Waals surface area contributed by atoms with Crippen LogP contribution in [0.5, 0.6) is 0 Å². The van der Waals surface area contributed by atoms with Crippen LogP contribution in [0, 0.1) is 12.7 Å². The number of rotatable bonds is 4. The van der Waals surface area contributed by atoms with Gasteiger partial charge < -0.3 is 5.11 Å². The molecule has 5 heteroatoms. The zero-order chi connectivity index (χ0) is 13.8. The van der Waals surface area contributed by atoms with E-state index in [9.17, 15) is 4.39 Å². The lowest BCUT2D eigenvalue weighted by atomic mass is 10.1. The molecule has 0 aliphatic heterocycles. The minimum Gasteiger partial charge on any atom is -0.396 e. The Morgan fingerprint density at radius 2 is 2.05 bits per heavy atom. The molecule has 1 aromatic carbocycles. The van der Waals surface area contributed by atoms with E-state index in [1.54, 1.807) is 18.2 Å². The van der Waals surface area contributed by atoms with Crippen LogP contribution in [0.3, 0.4) is 0 Å². The van der Waals surface area contributed by atoms with E-state index in [1.165, 1.54) is 6.07 Å². The largest absolute Gasteiger partial charge is 0.396 e. The van der Waals surface area contributed by atoms with Crippen molar-refractivity contribution in [1.82, 2.24) is 9.97 Å². The summed E-state index contributed by atoms with van der Waals surface area (Å²) in [4.78, 5) is 8.65. The second-order valence-corrected chi connectivity index (χ2v) is 5.18. The van der Waals surface area contributed by atoms with E-state index in [-0.39, 0.29) is 12.4 Å². The Kier molecular flexibility index (Phi) is 4.61. The first kappa shape index (κ1) is 14.1. The van der Waals surface area contributed by atoms with Crippen LogP contribution in [0.15, 0.2) is 28.7 Å². The van der Waals surface area contributed by atoms with E-state index < -0.39 is 0 Å². The molecule has 2 rings (SSSR count). The van der Waals surface area contributed by atoms with Crippen LogP contribution >= 0.6 is 15.9 Å². The SMILES string of the molecule is Cc1cc(-c2cc(Br)ccc2F)nc(CCCO)n1. The van der Waals surface area contributed by atoms with Crippen molar-refractivity contribution in [3.05, 3.63) is 46.1 Å². The van der Waals surface area contributed by atoms with Gasteiger partial charge in [-0.15, -0.1) is 0 Å². The van der Waals surface area contributed by atoms with Crippen molar-refractivity contribution in [3.63, 3.8) is 0 Å². The number of benzene rings is 1. The monoisotopic (exact) mass is 324 g/mol. The van der Waals surface area contributed by atoms with Gasteiger partial charge in [-0.25, -0.2) is 14.4 Å². The molecule has 0 saturated heterocycles. The minimum absolute atomic E-state index is 0.0951. The summed E-state index contributed by atoms with van der Waals surface area (Å²) >= 11 is 3.33. The maximum absolute atomic E-state index is 13.8. The molecule has 0 saturated carbocycles. The predicted molar refractivity (Wildman–Crippen MR) is 75.3 cm³/mol. The summed E-state index contributed by atoms with van der Waals surface area (Å²) in [6.45, 7) is 1.95. The first-order chi connectivity index (χ1) is 9.10. The molecule has 0 spiro atoms. The second kappa shape index (κ2) is 6.21. The van der Waals surface area contributed by atoms with Gasteiger partial charge >= 0.3 is 0 Å². The van der Waals surface area contributed by atoms with E-state index in [2.05, 4.69) is 25.9 Å². The third-order valence-corrected chi connectivity index (χ3v) is 3.16. The fourth-order valence-electron chi connectivity index (χ4n) is 1.81. The molecule has 0 amide bonds. The summed E-state index contributed by atoms with van der Waals surface area (Å²) in [6, 6.07) is 6.52. The normalized spacial score (nSPS) is 10.7. The van der Waals surface area contributed by atoms with Crippen LogP contribution < -0.4 is 0 Å². The van der Waals surface area contributed by atoms with E-state index in [1.807, 2.05) is 6.92 Å². The van der Waals surface area contributed by atoms with Gasteiger partial charge in [0.25, 0.3) is 0 Å². The summed E-state index contributed by atoms with van der Waals surface area (Å²) in [5.74, 6) is 0.317. The van der Waals surface area contributed by atoms with Crippen LogP contribution in [0.4, 0.5) is 4.39 Å². The molecule has 1 aromatic heterocycles. The Hall–Kier alpha value is -1.33. The van der Waals surface area contributed by atoms with Crippen LogP contribution in [0.1, 0.15) is 17.9 Å². The number of aromatic nitrogens is 2. The Balaban J connectivity index is 2.43. The van der Waals surface area contributed by atoms with Crippen LogP contribution in [0.2, 0.25) is 0 Å². The van der Waals surface area contributed by atoms with Gasteiger partial charge in [0.15, 0.2) is 0 Å². The molecule has 0 atom stereocenters. The average Bonchev–Trinajstić information content (AvgIpc) is 2.38. The second-order valence-electron chi connectivity index (χ2n) is 4.26. The molecule has 2 aromatic rings. The topological polar surface area (TPSA) is 46.0 Å². The predicted octanol–water partition coefficient (Wildman–Crippen LogP) is 3.28. The fraction of sp³-hybridized carbons (Fsp3) is 0.286. The van der Waals surface area contributed by atoms with E-state index in [0.29, 0.717) is 29.9 Å². The van der Waals surface area contributed by atoms with Crippen LogP contribution in [-0.4, -0.2) is 21.7 Å². The molecular weight excluding hydrogens is 311 g/mol. The zero-order valence-corrected chi connectivity index (χ0v) is 12.1. The number of aliphatic hydroxyl groups is 1. The van der Waals surface area contributed by atoms with Crippen molar-refractivity contribution in [2.75, 3.05) is 6.61 Å². The highest BCUT2D eigenvalue weighted by atomic mass is 79.9. The highest BCUT2D eigenvalue weighted by molar-refractivity contribution is 9.10. The Morgan fingerprint density at radius 1 is 1.26 bits per heavy atom. The average molecular weight is 325 g/mol. The molecule has 19 heavy (non-hydrogen) atoms. The van der Waals surface area contributed by atoms with Crippen molar-refractivity contribution in [2.45, 2.75) is 19.8 Å². The number of hydrogen-bond acceptors (Lipinski definition) is 3. The fourth-order valence-corrected chi connectivity index (χ4v) is 2.17. The van der Waals surface area contributed by atoms with Gasteiger partial charge in [0, 0.05) is 28.8 Å². The van der Waals surface area contributed by atoms with Crippen molar-refractivity contribution in [2.24, 2.45) is 0 Å². The van der Waals surface area contributed by atoms with Gasteiger partial charge in [0.2, 0.25) is 0 Å². The molecule has 100 valence electrons. The molecule has 3 nitrogen and oxygen atoms in total. The summed E-state index contributed by atoms with van der Waals surface area (Å²) in [5.41, 5.74) is 1.81. The maximum Gasteiger partial charge on any atom is 0.132 e. The molecule has 0 radical (unpaired) electrons. The van der Waals surface area contributed by atoms with Crippen LogP contribution in [0.25, 0.3) is 11.3 Å². The zero-order valence-electron chi connectivity index (χ0n) is 10.5. The Labute approximate surface area is 119 Å². The minimum atomic E-state index is -0.311. The molecule has 1 N–H and O–H groups in total. The quantitative estimate of drug-likeness (QED) is 0.938. The maximum atomic E-state index is 13.8. The van der Waals surface area contributed by atoms with Crippen molar-refractivity contribution < 1.29 is 9.50 Å². The number of nitrogens with zero attached hydrogens (tertiary/aromatic N) is 2. The van der Waals surface area contributed by atoms with Gasteiger partial charge in [0.1, 0.15) is 11.6 Å². The number of hydrogen-bond donors (Lipinski definition) is 1. The Bertz CT molecular complexity index is 590. The van der Waals surface area contributed by atoms with E-state index in [4.69, 9.17) is 5.11 Å². The third-order valence-electron chi connectivity index (χ3n) is 2.66. The first-order valence-electron chi connectivity index (χ1n) is 6.01. The summed E-state index contributed by atoms with van der Waals surface area (Å²) in [5, 5.41) is 8.84. The van der Waals surface area contributed by atoms with E-state index in [0.717, 1.165) is 10.2 Å². The van der Waals surface area contributed by atoms with Gasteiger partial charge in [-0.05, 0) is 37.6 Å². The number of halogens is 2. The van der Waals surface area contributed by atoms with Crippen molar-refractivity contribution in [1.29, 1.82) is 0 Å². The molecular formula is C14H14BrFN2O.